The summed E-state index contributed by atoms with van der Waals surface area (Å²) in [4.78, 5) is 0. The average Bonchev–Trinajstić information content (AvgIpc) is 2.45. The Morgan fingerprint density at radius 2 is 1.85 bits per heavy atom. The van der Waals surface area contributed by atoms with E-state index in [-0.39, 0.29) is 5.82 Å². The molecule has 1 nitrogen and oxygen atoms in total. The van der Waals surface area contributed by atoms with Crippen molar-refractivity contribution >= 4 is 22.6 Å². The number of aryl methyl sites for hydroxylation is 1. The van der Waals surface area contributed by atoms with E-state index in [0.29, 0.717) is 0 Å². The Bertz CT molecular complexity index is 566. The van der Waals surface area contributed by atoms with Gasteiger partial charge in [-0.25, -0.2) is 4.39 Å². The molecule has 106 valence electrons. The molecule has 0 radical (unpaired) electrons. The summed E-state index contributed by atoms with van der Waals surface area (Å²) in [5.74, 6) is -0.278. The van der Waals surface area contributed by atoms with Gasteiger partial charge in [0.05, 0.1) is 0 Å². The minimum Gasteiger partial charge on any atom is -0.384 e. The van der Waals surface area contributed by atoms with Crippen molar-refractivity contribution in [3.05, 3.63) is 68.5 Å². The molecule has 0 aliphatic carbocycles. The zero-order valence-corrected chi connectivity index (χ0v) is 13.6. The zero-order valence-electron chi connectivity index (χ0n) is 11.4. The van der Waals surface area contributed by atoms with Crippen LogP contribution in [0.2, 0.25) is 0 Å². The van der Waals surface area contributed by atoms with Crippen molar-refractivity contribution in [3.8, 4) is 0 Å². The molecule has 20 heavy (non-hydrogen) atoms. The Hall–Kier alpha value is -0.940. The molecule has 1 unspecified atom stereocenters. The molecule has 1 atom stereocenters. The van der Waals surface area contributed by atoms with Gasteiger partial charge in [-0.1, -0.05) is 43.7 Å². The van der Waals surface area contributed by atoms with Crippen LogP contribution < -0.4 is 0 Å². The SMILES string of the molecule is CCCCc1ccc(C(O)c2ccc(F)cc2I)cc1. The topological polar surface area (TPSA) is 20.2 Å². The van der Waals surface area contributed by atoms with Crippen LogP contribution in [-0.2, 0) is 6.42 Å². The molecule has 0 spiro atoms. The maximum Gasteiger partial charge on any atom is 0.124 e. The second kappa shape index (κ2) is 7.18. The monoisotopic (exact) mass is 384 g/mol. The van der Waals surface area contributed by atoms with Gasteiger partial charge in [0.15, 0.2) is 0 Å². The van der Waals surface area contributed by atoms with Crippen molar-refractivity contribution in [2.24, 2.45) is 0 Å². The lowest BCUT2D eigenvalue weighted by Crippen LogP contribution is -2.02. The highest BCUT2D eigenvalue weighted by Gasteiger charge is 2.14. The number of hydrogen-bond acceptors (Lipinski definition) is 1. The summed E-state index contributed by atoms with van der Waals surface area (Å²) in [6, 6.07) is 12.5. The zero-order chi connectivity index (χ0) is 14.5. The molecule has 0 aromatic heterocycles. The normalized spacial score (nSPS) is 12.4. The van der Waals surface area contributed by atoms with Gasteiger partial charge in [-0.2, -0.15) is 0 Å². The Balaban J connectivity index is 2.18. The van der Waals surface area contributed by atoms with E-state index in [1.54, 1.807) is 6.07 Å². The van der Waals surface area contributed by atoms with Crippen molar-refractivity contribution in [1.82, 2.24) is 0 Å². The summed E-state index contributed by atoms with van der Waals surface area (Å²) in [7, 11) is 0. The van der Waals surface area contributed by atoms with E-state index in [0.717, 1.165) is 21.1 Å². The predicted octanol–water partition coefficient (Wildman–Crippen LogP) is 4.85. The van der Waals surface area contributed by atoms with Crippen molar-refractivity contribution in [1.29, 1.82) is 0 Å². The second-order valence-corrected chi connectivity index (χ2v) is 6.08. The van der Waals surface area contributed by atoms with E-state index in [9.17, 15) is 9.50 Å². The van der Waals surface area contributed by atoms with Crippen LogP contribution in [0.3, 0.4) is 0 Å². The van der Waals surface area contributed by atoms with Crippen molar-refractivity contribution in [3.63, 3.8) is 0 Å². The first-order valence-corrected chi connectivity index (χ1v) is 7.91. The quantitative estimate of drug-likeness (QED) is 0.731. The third-order valence-corrected chi connectivity index (χ3v) is 4.31. The van der Waals surface area contributed by atoms with E-state index in [2.05, 4.69) is 41.6 Å². The molecule has 0 fully saturated rings. The molecule has 2 rings (SSSR count). The fraction of sp³-hybridized carbons (Fsp3) is 0.294. The Morgan fingerprint density at radius 3 is 2.45 bits per heavy atom. The van der Waals surface area contributed by atoms with E-state index < -0.39 is 6.10 Å². The van der Waals surface area contributed by atoms with Gasteiger partial charge in [0.2, 0.25) is 0 Å². The van der Waals surface area contributed by atoms with Gasteiger partial charge in [-0.3, -0.25) is 0 Å². The van der Waals surface area contributed by atoms with E-state index >= 15 is 0 Å². The van der Waals surface area contributed by atoms with Crippen LogP contribution in [0.5, 0.6) is 0 Å². The van der Waals surface area contributed by atoms with Gasteiger partial charge in [-0.05, 0) is 64.3 Å². The molecule has 2 aromatic carbocycles. The van der Waals surface area contributed by atoms with Crippen molar-refractivity contribution in [2.45, 2.75) is 32.3 Å². The Kier molecular flexibility index (Phi) is 5.54. The number of aliphatic hydroxyl groups excluding tert-OH is 1. The Labute approximate surface area is 133 Å². The minimum atomic E-state index is -0.706. The lowest BCUT2D eigenvalue weighted by Gasteiger charge is -2.14. The van der Waals surface area contributed by atoms with Gasteiger partial charge in [0.1, 0.15) is 11.9 Å². The van der Waals surface area contributed by atoms with Crippen LogP contribution >= 0.6 is 22.6 Å². The number of unbranched alkanes of at least 4 members (excludes halogenated alkanes) is 1. The average molecular weight is 384 g/mol. The molecule has 0 aliphatic heterocycles. The molecule has 0 amide bonds. The molecule has 0 saturated heterocycles. The predicted molar refractivity (Wildman–Crippen MR) is 88.2 cm³/mol. The maximum absolute atomic E-state index is 13.1. The molecule has 0 aliphatic rings. The molecule has 2 aromatic rings. The molecule has 1 N–H and O–H groups in total. The molecule has 0 saturated carbocycles. The standard InChI is InChI=1S/C17H18FIO/c1-2-3-4-12-5-7-13(8-6-12)17(20)15-10-9-14(18)11-16(15)19/h5-11,17,20H,2-4H2,1H3. The summed E-state index contributed by atoms with van der Waals surface area (Å²) in [5, 5.41) is 10.4. The lowest BCUT2D eigenvalue weighted by atomic mass is 9.99. The molecule has 0 bridgehead atoms. The van der Waals surface area contributed by atoms with Crippen LogP contribution in [0.25, 0.3) is 0 Å². The number of benzene rings is 2. The third-order valence-electron chi connectivity index (χ3n) is 3.37. The first kappa shape index (κ1) is 15.4. The summed E-state index contributed by atoms with van der Waals surface area (Å²) in [6.45, 7) is 2.18. The number of halogens is 2. The second-order valence-electron chi connectivity index (χ2n) is 4.91. The fourth-order valence-electron chi connectivity index (χ4n) is 2.15. The first-order chi connectivity index (χ1) is 9.61. The summed E-state index contributed by atoms with van der Waals surface area (Å²) in [6.07, 6.45) is 2.72. The number of aliphatic hydroxyl groups is 1. The van der Waals surface area contributed by atoms with Crippen molar-refractivity contribution in [2.75, 3.05) is 0 Å². The molecular weight excluding hydrogens is 366 g/mol. The molecular formula is C17H18FIO. The Morgan fingerprint density at radius 1 is 1.15 bits per heavy atom. The van der Waals surface area contributed by atoms with Gasteiger partial charge in [0.25, 0.3) is 0 Å². The van der Waals surface area contributed by atoms with Gasteiger partial charge < -0.3 is 5.11 Å². The van der Waals surface area contributed by atoms with Gasteiger partial charge >= 0.3 is 0 Å². The smallest absolute Gasteiger partial charge is 0.124 e. The van der Waals surface area contributed by atoms with Crippen molar-refractivity contribution < 1.29 is 9.50 Å². The van der Waals surface area contributed by atoms with E-state index in [1.807, 2.05) is 12.1 Å². The molecule has 3 heteroatoms. The lowest BCUT2D eigenvalue weighted by molar-refractivity contribution is 0.219. The highest BCUT2D eigenvalue weighted by molar-refractivity contribution is 14.1. The number of hydrogen-bond donors (Lipinski definition) is 1. The maximum atomic E-state index is 13.1. The summed E-state index contributed by atoms with van der Waals surface area (Å²) < 4.78 is 13.8. The first-order valence-electron chi connectivity index (χ1n) is 6.83. The summed E-state index contributed by atoms with van der Waals surface area (Å²) in [5.41, 5.74) is 2.87. The van der Waals surface area contributed by atoms with E-state index in [1.165, 1.54) is 30.5 Å². The summed E-state index contributed by atoms with van der Waals surface area (Å²) >= 11 is 2.05. The largest absolute Gasteiger partial charge is 0.384 e. The van der Waals surface area contributed by atoms with Crippen LogP contribution in [0, 0.1) is 9.39 Å². The molecule has 0 heterocycles. The van der Waals surface area contributed by atoms with Crippen LogP contribution in [-0.4, -0.2) is 5.11 Å². The van der Waals surface area contributed by atoms with Gasteiger partial charge in [0, 0.05) is 3.57 Å². The highest BCUT2D eigenvalue weighted by atomic mass is 127. The fourth-order valence-corrected chi connectivity index (χ4v) is 2.92. The van der Waals surface area contributed by atoms with Gasteiger partial charge in [-0.15, -0.1) is 0 Å². The third kappa shape index (κ3) is 3.79. The van der Waals surface area contributed by atoms with E-state index in [4.69, 9.17) is 0 Å². The van der Waals surface area contributed by atoms with Crippen LogP contribution in [0.4, 0.5) is 4.39 Å². The van der Waals surface area contributed by atoms with Crippen LogP contribution in [0.15, 0.2) is 42.5 Å². The van der Waals surface area contributed by atoms with Crippen LogP contribution in [0.1, 0.15) is 42.6 Å². The minimum absolute atomic E-state index is 0.278. The number of rotatable bonds is 5. The highest BCUT2D eigenvalue weighted by Crippen LogP contribution is 2.27.